The minimum atomic E-state index is 0.301. The molecule has 3 heterocycles. The Morgan fingerprint density at radius 3 is 2.42 bits per heavy atom. The lowest BCUT2D eigenvalue weighted by molar-refractivity contribution is -0.133. The molecule has 1 aromatic heterocycles. The van der Waals surface area contributed by atoms with E-state index in [2.05, 4.69) is 32.2 Å². The van der Waals surface area contributed by atoms with E-state index in [1.54, 1.807) is 0 Å². The summed E-state index contributed by atoms with van der Waals surface area (Å²) in [5.41, 5.74) is 0. The molecule has 3 rings (SSSR count). The fraction of sp³-hybridized carbons (Fsp3) is 0.875. The molecule has 8 heteroatoms. The zero-order chi connectivity index (χ0) is 16.8. The summed E-state index contributed by atoms with van der Waals surface area (Å²) < 4.78 is 1.90. The first-order chi connectivity index (χ1) is 11.8. The molecule has 2 aliphatic rings. The quantitative estimate of drug-likeness (QED) is 0.740. The predicted molar refractivity (Wildman–Crippen MR) is 90.3 cm³/mol. The van der Waals surface area contributed by atoms with Crippen LogP contribution in [0.3, 0.4) is 0 Å². The maximum absolute atomic E-state index is 12.4. The average Bonchev–Trinajstić information content (AvgIpc) is 3.05. The highest BCUT2D eigenvalue weighted by Crippen LogP contribution is 2.11. The highest BCUT2D eigenvalue weighted by atomic mass is 16.2. The number of likely N-dealkylation sites (tertiary alicyclic amines) is 1. The Balaban J connectivity index is 1.42. The van der Waals surface area contributed by atoms with Gasteiger partial charge in [0.15, 0.2) is 5.82 Å². The van der Waals surface area contributed by atoms with Crippen LogP contribution in [0.2, 0.25) is 0 Å². The van der Waals surface area contributed by atoms with Gasteiger partial charge in [0.1, 0.15) is 0 Å². The fourth-order valence-electron chi connectivity index (χ4n) is 3.46. The van der Waals surface area contributed by atoms with Gasteiger partial charge in [-0.3, -0.25) is 14.6 Å². The number of rotatable bonds is 6. The molecule has 0 spiro atoms. The molecule has 2 aliphatic heterocycles. The summed E-state index contributed by atoms with van der Waals surface area (Å²) in [5.74, 6) is 1.24. The van der Waals surface area contributed by atoms with Gasteiger partial charge in [0.25, 0.3) is 0 Å². The Morgan fingerprint density at radius 2 is 1.71 bits per heavy atom. The molecule has 1 aromatic rings. The van der Waals surface area contributed by atoms with E-state index < -0.39 is 0 Å². The highest BCUT2D eigenvalue weighted by Gasteiger charge is 2.23. The lowest BCUT2D eigenvalue weighted by Gasteiger charge is -2.35. The summed E-state index contributed by atoms with van der Waals surface area (Å²) in [6.45, 7) is 10.1. The van der Waals surface area contributed by atoms with Crippen LogP contribution in [0, 0.1) is 0 Å². The molecule has 2 saturated heterocycles. The number of aromatic nitrogens is 4. The van der Waals surface area contributed by atoms with E-state index in [0.717, 1.165) is 77.4 Å². The SMILES string of the molecule is CCCn1nnnc1CN1CCN(CC(=O)N2CCCCC2)CC1. The van der Waals surface area contributed by atoms with E-state index in [9.17, 15) is 4.79 Å². The third kappa shape index (κ3) is 4.51. The van der Waals surface area contributed by atoms with Gasteiger partial charge < -0.3 is 4.90 Å². The molecule has 1 amide bonds. The van der Waals surface area contributed by atoms with Gasteiger partial charge >= 0.3 is 0 Å². The molecule has 0 unspecified atom stereocenters. The third-order valence-corrected chi connectivity index (χ3v) is 4.94. The van der Waals surface area contributed by atoms with Crippen LogP contribution < -0.4 is 0 Å². The largest absolute Gasteiger partial charge is 0.342 e. The van der Waals surface area contributed by atoms with Gasteiger partial charge in [-0.15, -0.1) is 5.10 Å². The minimum absolute atomic E-state index is 0.301. The number of amides is 1. The summed E-state index contributed by atoms with van der Waals surface area (Å²) in [6, 6.07) is 0. The lowest BCUT2D eigenvalue weighted by Crippen LogP contribution is -2.50. The van der Waals surface area contributed by atoms with Crippen molar-refractivity contribution < 1.29 is 4.79 Å². The van der Waals surface area contributed by atoms with Crippen LogP contribution in [-0.2, 0) is 17.9 Å². The standard InChI is InChI=1S/C16H29N7O/c1-2-6-23-15(17-18-19-23)13-20-9-11-21(12-10-20)14-16(24)22-7-4-3-5-8-22/h2-14H2,1H3. The van der Waals surface area contributed by atoms with Crippen molar-refractivity contribution in [3.05, 3.63) is 5.82 Å². The van der Waals surface area contributed by atoms with Gasteiger partial charge in [0, 0.05) is 45.8 Å². The zero-order valence-electron chi connectivity index (χ0n) is 14.7. The molecular formula is C16H29N7O. The Bertz CT molecular complexity index is 518. The molecule has 0 radical (unpaired) electrons. The Hall–Kier alpha value is -1.54. The van der Waals surface area contributed by atoms with Crippen LogP contribution in [0.25, 0.3) is 0 Å². The topological polar surface area (TPSA) is 70.4 Å². The highest BCUT2D eigenvalue weighted by molar-refractivity contribution is 5.78. The summed E-state index contributed by atoms with van der Waals surface area (Å²) in [4.78, 5) is 19.1. The van der Waals surface area contributed by atoms with E-state index >= 15 is 0 Å². The van der Waals surface area contributed by atoms with Gasteiger partial charge in [-0.25, -0.2) is 4.68 Å². The number of nitrogens with zero attached hydrogens (tertiary/aromatic N) is 7. The van der Waals surface area contributed by atoms with Crippen LogP contribution in [0.5, 0.6) is 0 Å². The molecular weight excluding hydrogens is 306 g/mol. The fourth-order valence-corrected chi connectivity index (χ4v) is 3.46. The Kier molecular flexibility index (Phi) is 6.14. The van der Waals surface area contributed by atoms with E-state index in [-0.39, 0.29) is 0 Å². The first-order valence-corrected chi connectivity index (χ1v) is 9.24. The van der Waals surface area contributed by atoms with E-state index in [1.807, 2.05) is 9.58 Å². The van der Waals surface area contributed by atoms with Gasteiger partial charge in [-0.2, -0.15) is 0 Å². The van der Waals surface area contributed by atoms with Gasteiger partial charge in [0.05, 0.1) is 13.1 Å². The van der Waals surface area contributed by atoms with Crippen molar-refractivity contribution in [3.63, 3.8) is 0 Å². The molecule has 0 aromatic carbocycles. The van der Waals surface area contributed by atoms with E-state index in [1.165, 1.54) is 6.42 Å². The molecule has 24 heavy (non-hydrogen) atoms. The minimum Gasteiger partial charge on any atom is -0.342 e. The van der Waals surface area contributed by atoms with Gasteiger partial charge in [-0.1, -0.05) is 6.92 Å². The number of carbonyl (C=O) groups is 1. The number of piperidine rings is 1. The summed E-state index contributed by atoms with van der Waals surface area (Å²) in [6.07, 6.45) is 4.61. The summed E-state index contributed by atoms with van der Waals surface area (Å²) in [5, 5.41) is 12.0. The van der Waals surface area contributed by atoms with E-state index in [0.29, 0.717) is 12.5 Å². The molecule has 0 bridgehead atoms. The number of piperazine rings is 1. The summed E-state index contributed by atoms with van der Waals surface area (Å²) >= 11 is 0. The van der Waals surface area contributed by atoms with Crippen molar-refractivity contribution in [1.82, 2.24) is 34.9 Å². The van der Waals surface area contributed by atoms with Crippen LogP contribution in [0.15, 0.2) is 0 Å². The smallest absolute Gasteiger partial charge is 0.236 e. The van der Waals surface area contributed by atoms with Crippen LogP contribution in [0.4, 0.5) is 0 Å². The van der Waals surface area contributed by atoms with Gasteiger partial charge in [-0.05, 0) is 36.1 Å². The number of tetrazole rings is 1. The second-order valence-corrected chi connectivity index (χ2v) is 6.81. The zero-order valence-corrected chi connectivity index (χ0v) is 14.7. The predicted octanol–water partition coefficient (Wildman–Crippen LogP) is 0.213. The number of aryl methyl sites for hydroxylation is 1. The Labute approximate surface area is 143 Å². The van der Waals surface area contributed by atoms with Crippen molar-refractivity contribution in [2.45, 2.75) is 45.7 Å². The second kappa shape index (κ2) is 8.53. The third-order valence-electron chi connectivity index (χ3n) is 4.94. The van der Waals surface area contributed by atoms with Crippen LogP contribution in [-0.4, -0.2) is 86.6 Å². The number of hydrogen-bond donors (Lipinski definition) is 0. The van der Waals surface area contributed by atoms with E-state index in [4.69, 9.17) is 0 Å². The second-order valence-electron chi connectivity index (χ2n) is 6.81. The molecule has 0 saturated carbocycles. The maximum atomic E-state index is 12.4. The van der Waals surface area contributed by atoms with Crippen molar-refractivity contribution in [1.29, 1.82) is 0 Å². The normalized spacial score (nSPS) is 20.5. The number of hydrogen-bond acceptors (Lipinski definition) is 6. The number of carbonyl (C=O) groups excluding carboxylic acids is 1. The molecule has 8 nitrogen and oxygen atoms in total. The molecule has 134 valence electrons. The first-order valence-electron chi connectivity index (χ1n) is 9.24. The lowest BCUT2D eigenvalue weighted by atomic mass is 10.1. The van der Waals surface area contributed by atoms with Crippen LogP contribution in [0.1, 0.15) is 38.4 Å². The Morgan fingerprint density at radius 1 is 1.00 bits per heavy atom. The monoisotopic (exact) mass is 335 g/mol. The van der Waals surface area contributed by atoms with Gasteiger partial charge in [0.2, 0.25) is 5.91 Å². The maximum Gasteiger partial charge on any atom is 0.236 e. The molecule has 0 atom stereocenters. The van der Waals surface area contributed by atoms with Crippen molar-refractivity contribution >= 4 is 5.91 Å². The molecule has 0 aliphatic carbocycles. The van der Waals surface area contributed by atoms with Crippen molar-refractivity contribution in [2.24, 2.45) is 0 Å². The summed E-state index contributed by atoms with van der Waals surface area (Å²) in [7, 11) is 0. The molecule has 2 fully saturated rings. The first kappa shape index (κ1) is 17.3. The van der Waals surface area contributed by atoms with Crippen molar-refractivity contribution in [2.75, 3.05) is 45.8 Å². The van der Waals surface area contributed by atoms with Crippen LogP contribution >= 0.6 is 0 Å². The molecule has 0 N–H and O–H groups in total. The van der Waals surface area contributed by atoms with Crippen molar-refractivity contribution in [3.8, 4) is 0 Å². The average molecular weight is 335 g/mol.